The van der Waals surface area contributed by atoms with Crippen LogP contribution < -0.4 is 5.32 Å². The zero-order valence-electron chi connectivity index (χ0n) is 9.30. The van der Waals surface area contributed by atoms with E-state index in [1.54, 1.807) is 0 Å². The van der Waals surface area contributed by atoms with Crippen LogP contribution in [0.2, 0.25) is 0 Å². The lowest BCUT2D eigenvalue weighted by atomic mass is 10.2. The molecular weight excluding hydrogens is 180 g/mol. The van der Waals surface area contributed by atoms with E-state index < -0.39 is 0 Å². The molecule has 1 N–H and O–H groups in total. The Kier molecular flexibility index (Phi) is 7.02. The summed E-state index contributed by atoms with van der Waals surface area (Å²) in [6.45, 7) is 6.04. The monoisotopic (exact) mass is 200 g/mol. The Hall–Kier alpha value is -0.900. The molecule has 4 nitrogen and oxygen atoms in total. The van der Waals surface area contributed by atoms with Crippen LogP contribution in [0.15, 0.2) is 0 Å². The SMILES string of the molecule is CCN(C)CCNC(=O)CCC(C)=O. The molecule has 0 bridgehead atoms. The smallest absolute Gasteiger partial charge is 0.220 e. The van der Waals surface area contributed by atoms with Gasteiger partial charge in [0.05, 0.1) is 0 Å². The van der Waals surface area contributed by atoms with Crippen molar-refractivity contribution < 1.29 is 9.59 Å². The molecule has 0 atom stereocenters. The lowest BCUT2D eigenvalue weighted by molar-refractivity contribution is -0.124. The largest absolute Gasteiger partial charge is 0.355 e. The van der Waals surface area contributed by atoms with E-state index in [1.165, 1.54) is 6.92 Å². The molecule has 0 heterocycles. The van der Waals surface area contributed by atoms with E-state index >= 15 is 0 Å². The molecule has 0 aliphatic heterocycles. The van der Waals surface area contributed by atoms with Crippen LogP contribution in [-0.2, 0) is 9.59 Å². The molecule has 4 heteroatoms. The predicted octanol–water partition coefficient (Wildman–Crippen LogP) is 0.423. The Balaban J connectivity index is 3.40. The van der Waals surface area contributed by atoms with Gasteiger partial charge in [0.15, 0.2) is 0 Å². The Morgan fingerprint density at radius 1 is 1.29 bits per heavy atom. The second-order valence-electron chi connectivity index (χ2n) is 3.45. The van der Waals surface area contributed by atoms with Crippen molar-refractivity contribution in [2.45, 2.75) is 26.7 Å². The third kappa shape index (κ3) is 7.73. The van der Waals surface area contributed by atoms with Crippen LogP contribution in [0.5, 0.6) is 0 Å². The molecule has 0 saturated carbocycles. The highest BCUT2D eigenvalue weighted by molar-refractivity contribution is 5.83. The van der Waals surface area contributed by atoms with Crippen LogP contribution in [0.3, 0.4) is 0 Å². The molecule has 82 valence electrons. The Morgan fingerprint density at radius 2 is 1.93 bits per heavy atom. The average Bonchev–Trinajstić information content (AvgIpc) is 2.14. The predicted molar refractivity (Wildman–Crippen MR) is 56.1 cm³/mol. The lowest BCUT2D eigenvalue weighted by Gasteiger charge is -2.13. The molecule has 0 aliphatic carbocycles. The van der Waals surface area contributed by atoms with E-state index in [2.05, 4.69) is 17.1 Å². The minimum absolute atomic E-state index is 0.0373. The topological polar surface area (TPSA) is 49.4 Å². The number of ketones is 1. The maximum absolute atomic E-state index is 11.1. The fourth-order valence-corrected chi connectivity index (χ4v) is 0.922. The van der Waals surface area contributed by atoms with Crippen molar-refractivity contribution in [2.75, 3.05) is 26.7 Å². The second-order valence-corrected chi connectivity index (χ2v) is 3.45. The lowest BCUT2D eigenvalue weighted by Crippen LogP contribution is -2.32. The zero-order valence-corrected chi connectivity index (χ0v) is 9.30. The van der Waals surface area contributed by atoms with Gasteiger partial charge in [-0.1, -0.05) is 6.92 Å². The average molecular weight is 200 g/mol. The van der Waals surface area contributed by atoms with E-state index in [9.17, 15) is 9.59 Å². The molecule has 0 radical (unpaired) electrons. The van der Waals surface area contributed by atoms with Crippen molar-refractivity contribution in [2.24, 2.45) is 0 Å². The van der Waals surface area contributed by atoms with Gasteiger partial charge in [-0.2, -0.15) is 0 Å². The number of hydrogen-bond acceptors (Lipinski definition) is 3. The highest BCUT2D eigenvalue weighted by Crippen LogP contribution is 1.89. The van der Waals surface area contributed by atoms with Gasteiger partial charge in [0, 0.05) is 25.9 Å². The van der Waals surface area contributed by atoms with Gasteiger partial charge in [0.2, 0.25) is 5.91 Å². The highest BCUT2D eigenvalue weighted by Gasteiger charge is 2.02. The third-order valence-corrected chi connectivity index (χ3v) is 2.06. The molecule has 1 amide bonds. The van der Waals surface area contributed by atoms with Gasteiger partial charge >= 0.3 is 0 Å². The molecule has 0 spiro atoms. The highest BCUT2D eigenvalue weighted by atomic mass is 16.2. The summed E-state index contributed by atoms with van der Waals surface area (Å²) in [5.41, 5.74) is 0. The first-order chi connectivity index (χ1) is 6.56. The summed E-state index contributed by atoms with van der Waals surface area (Å²) in [5.74, 6) is 0.0236. The van der Waals surface area contributed by atoms with Crippen molar-refractivity contribution >= 4 is 11.7 Å². The van der Waals surface area contributed by atoms with Crippen molar-refractivity contribution in [3.63, 3.8) is 0 Å². The number of carbonyl (C=O) groups excluding carboxylic acids is 2. The van der Waals surface area contributed by atoms with Crippen LogP contribution in [0, 0.1) is 0 Å². The van der Waals surface area contributed by atoms with Crippen molar-refractivity contribution in [3.8, 4) is 0 Å². The molecule has 0 aromatic heterocycles. The summed E-state index contributed by atoms with van der Waals surface area (Å²) < 4.78 is 0. The van der Waals surface area contributed by atoms with Crippen LogP contribution in [0.1, 0.15) is 26.7 Å². The molecule has 0 aromatic carbocycles. The first-order valence-corrected chi connectivity index (χ1v) is 5.01. The van der Waals surface area contributed by atoms with Gasteiger partial charge < -0.3 is 15.0 Å². The van der Waals surface area contributed by atoms with Gasteiger partial charge in [-0.3, -0.25) is 4.79 Å². The Labute approximate surface area is 85.7 Å². The van der Waals surface area contributed by atoms with Gasteiger partial charge in [-0.15, -0.1) is 0 Å². The van der Waals surface area contributed by atoms with Crippen LogP contribution in [0.25, 0.3) is 0 Å². The number of nitrogens with zero attached hydrogens (tertiary/aromatic N) is 1. The van der Waals surface area contributed by atoms with Crippen molar-refractivity contribution in [1.29, 1.82) is 0 Å². The number of carbonyl (C=O) groups is 2. The summed E-state index contributed by atoms with van der Waals surface area (Å²) >= 11 is 0. The summed E-state index contributed by atoms with van der Waals surface area (Å²) in [6.07, 6.45) is 0.653. The van der Waals surface area contributed by atoms with Crippen LogP contribution in [0.4, 0.5) is 0 Å². The van der Waals surface area contributed by atoms with Gasteiger partial charge in [-0.05, 0) is 20.5 Å². The van der Waals surface area contributed by atoms with Gasteiger partial charge in [-0.25, -0.2) is 0 Å². The number of nitrogens with one attached hydrogen (secondary N) is 1. The van der Waals surface area contributed by atoms with Gasteiger partial charge in [0.1, 0.15) is 5.78 Å². The molecule has 0 aliphatic rings. The minimum atomic E-state index is -0.0373. The summed E-state index contributed by atoms with van der Waals surface area (Å²) in [4.78, 5) is 23.8. The fourth-order valence-electron chi connectivity index (χ4n) is 0.922. The minimum Gasteiger partial charge on any atom is -0.355 e. The molecule has 0 aromatic rings. The molecule has 0 fully saturated rings. The Morgan fingerprint density at radius 3 is 2.43 bits per heavy atom. The maximum atomic E-state index is 11.1. The molecule has 0 saturated heterocycles. The molecular formula is C10H20N2O2. The van der Waals surface area contributed by atoms with Crippen LogP contribution >= 0.6 is 0 Å². The summed E-state index contributed by atoms with van der Waals surface area (Å²) in [7, 11) is 2.00. The number of rotatable bonds is 7. The number of likely N-dealkylation sites (N-methyl/N-ethyl adjacent to an activating group) is 1. The summed E-state index contributed by atoms with van der Waals surface area (Å²) in [6, 6.07) is 0. The van der Waals surface area contributed by atoms with E-state index in [0.717, 1.165) is 13.1 Å². The first-order valence-electron chi connectivity index (χ1n) is 5.01. The maximum Gasteiger partial charge on any atom is 0.220 e. The van der Waals surface area contributed by atoms with Crippen LogP contribution in [-0.4, -0.2) is 43.3 Å². The summed E-state index contributed by atoms with van der Waals surface area (Å²) in [5, 5.41) is 2.77. The quantitative estimate of drug-likeness (QED) is 0.648. The Bertz CT molecular complexity index is 193. The fraction of sp³-hybridized carbons (Fsp3) is 0.800. The van der Waals surface area contributed by atoms with Crippen molar-refractivity contribution in [1.82, 2.24) is 10.2 Å². The van der Waals surface area contributed by atoms with E-state index in [0.29, 0.717) is 19.4 Å². The number of hydrogen-bond donors (Lipinski definition) is 1. The van der Waals surface area contributed by atoms with E-state index in [-0.39, 0.29) is 11.7 Å². The normalized spacial score (nSPS) is 10.3. The van der Waals surface area contributed by atoms with Gasteiger partial charge in [0.25, 0.3) is 0 Å². The standard InChI is InChI=1S/C10H20N2O2/c1-4-12(3)8-7-11-10(14)6-5-9(2)13/h4-8H2,1-3H3,(H,11,14). The molecule has 0 rings (SSSR count). The van der Waals surface area contributed by atoms with E-state index in [4.69, 9.17) is 0 Å². The second kappa shape index (κ2) is 7.50. The first kappa shape index (κ1) is 13.1. The van der Waals surface area contributed by atoms with Crippen molar-refractivity contribution in [3.05, 3.63) is 0 Å². The molecule has 0 unspecified atom stereocenters. The third-order valence-electron chi connectivity index (χ3n) is 2.06. The van der Waals surface area contributed by atoms with E-state index in [1.807, 2.05) is 7.05 Å². The number of Topliss-reactive ketones (excluding diaryl/α,β-unsaturated/α-hetero) is 1. The zero-order chi connectivity index (χ0) is 11.0. The number of amides is 1. The molecule has 14 heavy (non-hydrogen) atoms.